The molecule has 0 aromatic rings. The van der Waals surface area contributed by atoms with Crippen LogP contribution in [-0.2, 0) is 65.8 Å². The molecule has 0 fully saturated rings. The quantitative estimate of drug-likeness (QED) is 0.221. The molecule has 0 aromatic carbocycles. The third-order valence-corrected chi connectivity index (χ3v) is 0. The van der Waals surface area contributed by atoms with Crippen LogP contribution in [0.3, 0.4) is 0 Å². The first-order valence-corrected chi connectivity index (χ1v) is 7.57. The van der Waals surface area contributed by atoms with Crippen LogP contribution >= 0.6 is 0 Å². The normalized spacial score (nSPS) is 5.57. The molecule has 76 valence electrons. The SMILES string of the molecule is [Bi+3].[Bi+3].[O]=[Ti]([O-])[O-].[O]=[Ti]([O-])[O-].[O]=[Ti]([O-])[O-]. The van der Waals surface area contributed by atoms with E-state index in [1.165, 1.54) is 0 Å². The molecule has 0 aromatic heterocycles. The molecule has 14 heavy (non-hydrogen) atoms. The van der Waals surface area contributed by atoms with Crippen molar-refractivity contribution in [3.8, 4) is 0 Å². The molecule has 0 spiro atoms. The Bertz CT molecular complexity index is 116. The van der Waals surface area contributed by atoms with E-state index in [4.69, 9.17) is 32.1 Å². The van der Waals surface area contributed by atoms with Gasteiger partial charge in [-0.3, -0.25) is 0 Å². The number of hydrogen-bond donors (Lipinski definition) is 0. The molecule has 0 aliphatic rings. The molecular formula is Bi2O9Ti3. The molecule has 0 aliphatic carbocycles. The summed E-state index contributed by atoms with van der Waals surface area (Å²) < 4.78 is 77.2. The molecule has 0 atom stereocenters. The standard InChI is InChI=1S/2Bi.9O.3Ti/q2*+3;;;;6*-1;;;. The maximum atomic E-state index is 8.58. The van der Waals surface area contributed by atoms with E-state index in [1.807, 2.05) is 0 Å². The van der Waals surface area contributed by atoms with Crippen molar-refractivity contribution in [3.05, 3.63) is 0 Å². The summed E-state index contributed by atoms with van der Waals surface area (Å²) in [6.07, 6.45) is 0. The summed E-state index contributed by atoms with van der Waals surface area (Å²) in [6.45, 7) is 0. The van der Waals surface area contributed by atoms with Gasteiger partial charge >= 0.3 is 140 Å². The zero-order valence-electron chi connectivity index (χ0n) is 6.07. The molecule has 0 heterocycles. The van der Waals surface area contributed by atoms with Gasteiger partial charge in [0.15, 0.2) is 0 Å². The average molecular weight is 706 g/mol. The van der Waals surface area contributed by atoms with Gasteiger partial charge in [0.25, 0.3) is 0 Å². The third kappa shape index (κ3) is 317. The topological polar surface area (TPSA) is 190 Å². The monoisotopic (exact) mass is 706 g/mol. The average Bonchev–Trinajstić information content (AvgIpc) is 1.54. The van der Waals surface area contributed by atoms with Crippen molar-refractivity contribution in [2.24, 2.45) is 0 Å². The number of rotatable bonds is 0. The van der Waals surface area contributed by atoms with Crippen LogP contribution in [0.1, 0.15) is 0 Å². The van der Waals surface area contributed by atoms with Gasteiger partial charge in [0.2, 0.25) is 0 Å². The Morgan fingerprint density at radius 1 is 0.500 bits per heavy atom. The molecule has 0 rings (SSSR count). The van der Waals surface area contributed by atoms with Crippen LogP contribution in [0.25, 0.3) is 0 Å². The molecule has 4 radical (unpaired) electrons. The molecular weight excluding hydrogens is 706 g/mol. The van der Waals surface area contributed by atoms with E-state index in [0.717, 1.165) is 0 Å². The Balaban J connectivity index is -0.0000000270. The van der Waals surface area contributed by atoms with Gasteiger partial charge in [-0.25, -0.2) is 0 Å². The minimum absolute atomic E-state index is 0. The van der Waals surface area contributed by atoms with Crippen LogP contribution in [0.4, 0.5) is 0 Å². The summed E-state index contributed by atoms with van der Waals surface area (Å²) in [5.74, 6) is 0. The summed E-state index contributed by atoms with van der Waals surface area (Å²) in [4.78, 5) is 0. The van der Waals surface area contributed by atoms with Crippen LogP contribution in [-0.4, -0.2) is 52.4 Å². The second-order valence-corrected chi connectivity index (χ2v) is 3.09. The molecule has 0 aliphatic heterocycles. The fourth-order valence-corrected chi connectivity index (χ4v) is 0. The molecule has 0 N–H and O–H groups in total. The second kappa shape index (κ2) is 25.1. The minimum atomic E-state index is -4.08. The van der Waals surface area contributed by atoms with Crippen molar-refractivity contribution in [2.75, 3.05) is 0 Å². The van der Waals surface area contributed by atoms with E-state index in [-0.39, 0.29) is 52.4 Å². The predicted molar refractivity (Wildman–Crippen MR) is 13.6 cm³/mol. The Hall–Kier alpha value is 3.07. The van der Waals surface area contributed by atoms with Crippen molar-refractivity contribution in [3.63, 3.8) is 0 Å². The van der Waals surface area contributed by atoms with Crippen molar-refractivity contribution in [2.45, 2.75) is 0 Å². The Kier molecular flexibility index (Phi) is 54.1. The first-order valence-electron chi connectivity index (χ1n) is 1.84. The van der Waals surface area contributed by atoms with Crippen molar-refractivity contribution < 1.29 is 88.0 Å². The fourth-order valence-electron chi connectivity index (χ4n) is 0. The van der Waals surface area contributed by atoms with E-state index < -0.39 is 55.8 Å². The molecule has 0 unspecified atom stereocenters. The van der Waals surface area contributed by atoms with E-state index in [9.17, 15) is 0 Å². The van der Waals surface area contributed by atoms with Crippen molar-refractivity contribution >= 4 is 52.4 Å². The summed E-state index contributed by atoms with van der Waals surface area (Å²) in [5.41, 5.74) is 0. The van der Waals surface area contributed by atoms with Crippen LogP contribution in [0.5, 0.6) is 0 Å². The zero-order valence-corrected chi connectivity index (χ0v) is 17.7. The summed E-state index contributed by atoms with van der Waals surface area (Å²) >= 11 is -12.2. The molecule has 9 nitrogen and oxygen atoms in total. The summed E-state index contributed by atoms with van der Waals surface area (Å²) in [6, 6.07) is 0. The van der Waals surface area contributed by atoms with Gasteiger partial charge in [-0.15, -0.1) is 0 Å². The summed E-state index contributed by atoms with van der Waals surface area (Å²) in [7, 11) is 0. The second-order valence-electron chi connectivity index (χ2n) is 0.750. The van der Waals surface area contributed by atoms with Crippen LogP contribution in [0.15, 0.2) is 0 Å². The van der Waals surface area contributed by atoms with E-state index in [1.54, 1.807) is 0 Å². The summed E-state index contributed by atoms with van der Waals surface area (Å²) in [5, 5.41) is 0. The van der Waals surface area contributed by atoms with E-state index >= 15 is 0 Å². The number of hydrogen-bond acceptors (Lipinski definition) is 9. The van der Waals surface area contributed by atoms with Crippen molar-refractivity contribution in [1.82, 2.24) is 0 Å². The van der Waals surface area contributed by atoms with Crippen molar-refractivity contribution in [1.29, 1.82) is 0 Å². The predicted octanol–water partition coefficient (Wildman–Crippen LogP) is -8.26. The van der Waals surface area contributed by atoms with Gasteiger partial charge in [-0.1, -0.05) is 0 Å². The first-order chi connectivity index (χ1) is 5.20. The molecule has 0 amide bonds. The zero-order chi connectivity index (χ0) is 10.7. The van der Waals surface area contributed by atoms with Gasteiger partial charge in [0, 0.05) is 0 Å². The maximum absolute atomic E-state index is 8.58. The first kappa shape index (κ1) is 30.3. The van der Waals surface area contributed by atoms with Crippen LogP contribution in [0.2, 0.25) is 0 Å². The molecule has 0 bridgehead atoms. The van der Waals surface area contributed by atoms with Crippen LogP contribution < -0.4 is 22.1 Å². The van der Waals surface area contributed by atoms with Gasteiger partial charge in [0.1, 0.15) is 0 Å². The van der Waals surface area contributed by atoms with Gasteiger partial charge < -0.3 is 0 Å². The van der Waals surface area contributed by atoms with Gasteiger partial charge in [-0.2, -0.15) is 0 Å². The Morgan fingerprint density at radius 3 is 0.500 bits per heavy atom. The Morgan fingerprint density at radius 2 is 0.500 bits per heavy atom. The Labute approximate surface area is 138 Å². The fraction of sp³-hybridized carbons (Fsp3) is 0. The molecule has 0 saturated carbocycles. The van der Waals surface area contributed by atoms with E-state index in [0.29, 0.717) is 0 Å². The molecule has 14 heteroatoms. The van der Waals surface area contributed by atoms with Gasteiger partial charge in [0.05, 0.1) is 0 Å². The van der Waals surface area contributed by atoms with Crippen LogP contribution in [0, 0.1) is 0 Å². The van der Waals surface area contributed by atoms with Gasteiger partial charge in [-0.05, 0) is 0 Å². The third-order valence-electron chi connectivity index (χ3n) is 0. The molecule has 0 saturated heterocycles. The van der Waals surface area contributed by atoms with E-state index in [2.05, 4.69) is 0 Å².